The van der Waals surface area contributed by atoms with Crippen LogP contribution in [0.15, 0.2) is 48.5 Å². The maximum absolute atomic E-state index is 12.7. The molecule has 0 spiro atoms. The zero-order valence-electron chi connectivity index (χ0n) is 15.0. The molecule has 27 heavy (non-hydrogen) atoms. The van der Waals surface area contributed by atoms with Gasteiger partial charge in [0.25, 0.3) is 5.91 Å². The smallest absolute Gasteiger partial charge is 0.253 e. The number of halogens is 1. The van der Waals surface area contributed by atoms with Crippen LogP contribution < -0.4 is 5.32 Å². The lowest BCUT2D eigenvalue weighted by molar-refractivity contribution is -0.115. The molecule has 0 atom stereocenters. The van der Waals surface area contributed by atoms with Gasteiger partial charge < -0.3 is 15.3 Å². The Balaban J connectivity index is 1.62. The maximum Gasteiger partial charge on any atom is 0.253 e. The quantitative estimate of drug-likeness (QED) is 0.827. The molecule has 142 valence electrons. The van der Waals surface area contributed by atoms with E-state index in [0.29, 0.717) is 29.4 Å². The fourth-order valence-corrected chi connectivity index (χ4v) is 3.45. The van der Waals surface area contributed by atoms with Crippen LogP contribution in [0.5, 0.6) is 0 Å². The number of aliphatic hydroxyl groups is 1. The van der Waals surface area contributed by atoms with Gasteiger partial charge in [-0.3, -0.25) is 9.59 Å². The van der Waals surface area contributed by atoms with Crippen LogP contribution in [0.25, 0.3) is 0 Å². The van der Waals surface area contributed by atoms with Crippen LogP contribution in [0.3, 0.4) is 0 Å². The summed E-state index contributed by atoms with van der Waals surface area (Å²) in [6.07, 6.45) is 1.81. The van der Waals surface area contributed by atoms with Crippen molar-refractivity contribution in [3.8, 4) is 0 Å². The number of likely N-dealkylation sites (tertiary alicyclic amines) is 1. The monoisotopic (exact) mass is 386 g/mol. The molecule has 0 aromatic heterocycles. The topological polar surface area (TPSA) is 69.6 Å². The fraction of sp³-hybridized carbons (Fsp3) is 0.333. The first kappa shape index (κ1) is 19.4. The molecule has 1 aliphatic heterocycles. The number of hydrogen-bond donors (Lipinski definition) is 2. The summed E-state index contributed by atoms with van der Waals surface area (Å²) in [5.41, 5.74) is 1.90. The van der Waals surface area contributed by atoms with Gasteiger partial charge in [-0.25, -0.2) is 0 Å². The van der Waals surface area contributed by atoms with Crippen LogP contribution in [0.2, 0.25) is 5.02 Å². The average molecular weight is 387 g/mol. The van der Waals surface area contributed by atoms with E-state index in [1.54, 1.807) is 35.2 Å². The molecule has 2 amide bonds. The van der Waals surface area contributed by atoms with Crippen molar-refractivity contribution in [2.75, 3.05) is 25.0 Å². The minimum Gasteiger partial charge on any atom is -0.396 e. The van der Waals surface area contributed by atoms with Gasteiger partial charge in [-0.2, -0.15) is 0 Å². The number of rotatable bonds is 5. The fourth-order valence-electron chi connectivity index (χ4n) is 3.25. The molecule has 1 heterocycles. The van der Waals surface area contributed by atoms with Crippen molar-refractivity contribution >= 4 is 29.1 Å². The molecule has 0 radical (unpaired) electrons. The minimum atomic E-state index is -0.184. The largest absolute Gasteiger partial charge is 0.396 e. The van der Waals surface area contributed by atoms with Crippen molar-refractivity contribution in [3.05, 3.63) is 64.7 Å². The van der Waals surface area contributed by atoms with Crippen LogP contribution in [0, 0.1) is 5.92 Å². The summed E-state index contributed by atoms with van der Waals surface area (Å²) < 4.78 is 0. The van der Waals surface area contributed by atoms with Gasteiger partial charge in [0.1, 0.15) is 0 Å². The number of carbonyl (C=O) groups is 2. The SMILES string of the molecule is O=C(Cc1ccccc1Cl)Nc1cccc(C(=O)N2CCC(CO)CC2)c1. The lowest BCUT2D eigenvalue weighted by atomic mass is 9.97. The molecule has 5 nitrogen and oxygen atoms in total. The molecule has 3 rings (SSSR count). The Labute approximate surface area is 163 Å². The molecule has 0 saturated carbocycles. The van der Waals surface area contributed by atoms with E-state index in [9.17, 15) is 14.7 Å². The van der Waals surface area contributed by atoms with E-state index in [-0.39, 0.29) is 30.8 Å². The Morgan fingerprint density at radius 3 is 2.56 bits per heavy atom. The van der Waals surface area contributed by atoms with Gasteiger partial charge in [0, 0.05) is 36.0 Å². The number of amides is 2. The molecule has 0 aliphatic carbocycles. The predicted molar refractivity (Wildman–Crippen MR) is 106 cm³/mol. The van der Waals surface area contributed by atoms with Crippen LogP contribution in [0.1, 0.15) is 28.8 Å². The molecule has 1 fully saturated rings. The first-order valence-electron chi connectivity index (χ1n) is 9.10. The highest BCUT2D eigenvalue weighted by Crippen LogP contribution is 2.20. The number of hydrogen-bond acceptors (Lipinski definition) is 3. The summed E-state index contributed by atoms with van der Waals surface area (Å²) in [5.74, 6) is 0.0505. The predicted octanol–water partition coefficient (Wildman–Crippen LogP) is 3.37. The Hall–Kier alpha value is -2.37. The third kappa shape index (κ3) is 5.08. The zero-order valence-corrected chi connectivity index (χ0v) is 15.8. The van der Waals surface area contributed by atoms with Crippen molar-refractivity contribution in [3.63, 3.8) is 0 Å². The summed E-state index contributed by atoms with van der Waals surface area (Å²) in [5, 5.41) is 12.6. The van der Waals surface area contributed by atoms with Crippen molar-refractivity contribution in [2.45, 2.75) is 19.3 Å². The van der Waals surface area contributed by atoms with Gasteiger partial charge in [-0.1, -0.05) is 35.9 Å². The second-order valence-corrected chi connectivity index (χ2v) is 7.22. The standard InChI is InChI=1S/C21H23ClN2O3/c22-19-7-2-1-4-16(19)13-20(26)23-18-6-3-5-17(12-18)21(27)24-10-8-15(14-25)9-11-24/h1-7,12,15,25H,8-11,13-14H2,(H,23,26). The number of aliphatic hydroxyl groups excluding tert-OH is 1. The Kier molecular flexibility index (Phi) is 6.48. The molecule has 2 aromatic carbocycles. The van der Waals surface area contributed by atoms with Crippen LogP contribution in [-0.2, 0) is 11.2 Å². The molecular weight excluding hydrogens is 364 g/mol. The number of nitrogens with one attached hydrogen (secondary N) is 1. The van der Waals surface area contributed by atoms with Crippen LogP contribution in [-0.4, -0.2) is 41.5 Å². The van der Waals surface area contributed by atoms with Crippen molar-refractivity contribution in [1.29, 1.82) is 0 Å². The van der Waals surface area contributed by atoms with Crippen LogP contribution in [0.4, 0.5) is 5.69 Å². The number of carbonyl (C=O) groups excluding carboxylic acids is 2. The Bertz CT molecular complexity index is 817. The van der Waals surface area contributed by atoms with Gasteiger partial charge in [0.05, 0.1) is 6.42 Å². The molecule has 2 aromatic rings. The summed E-state index contributed by atoms with van der Waals surface area (Å²) in [7, 11) is 0. The number of anilines is 1. The van der Waals surface area contributed by atoms with Gasteiger partial charge in [-0.05, 0) is 48.6 Å². The Morgan fingerprint density at radius 1 is 1.11 bits per heavy atom. The van der Waals surface area contributed by atoms with Gasteiger partial charge >= 0.3 is 0 Å². The van der Waals surface area contributed by atoms with E-state index in [4.69, 9.17) is 11.6 Å². The van der Waals surface area contributed by atoms with E-state index in [2.05, 4.69) is 5.32 Å². The molecule has 1 saturated heterocycles. The van der Waals surface area contributed by atoms with Gasteiger partial charge in [0.2, 0.25) is 5.91 Å². The zero-order chi connectivity index (χ0) is 19.2. The summed E-state index contributed by atoms with van der Waals surface area (Å²) in [6.45, 7) is 1.47. The first-order valence-corrected chi connectivity index (χ1v) is 9.48. The van der Waals surface area contributed by atoms with E-state index < -0.39 is 0 Å². The Morgan fingerprint density at radius 2 is 1.85 bits per heavy atom. The molecule has 2 N–H and O–H groups in total. The van der Waals surface area contributed by atoms with Gasteiger partial charge in [0.15, 0.2) is 0 Å². The molecule has 0 bridgehead atoms. The van der Waals surface area contributed by atoms with E-state index in [0.717, 1.165) is 18.4 Å². The lowest BCUT2D eigenvalue weighted by Crippen LogP contribution is -2.39. The van der Waals surface area contributed by atoms with Gasteiger partial charge in [-0.15, -0.1) is 0 Å². The van der Waals surface area contributed by atoms with E-state index in [1.165, 1.54) is 0 Å². The normalized spacial score (nSPS) is 14.8. The first-order chi connectivity index (χ1) is 13.1. The maximum atomic E-state index is 12.7. The number of piperidine rings is 1. The summed E-state index contributed by atoms with van der Waals surface area (Å²) >= 11 is 6.10. The lowest BCUT2D eigenvalue weighted by Gasteiger charge is -2.31. The van der Waals surface area contributed by atoms with Crippen molar-refractivity contribution in [2.24, 2.45) is 5.92 Å². The van der Waals surface area contributed by atoms with Crippen molar-refractivity contribution < 1.29 is 14.7 Å². The second-order valence-electron chi connectivity index (χ2n) is 6.82. The highest BCUT2D eigenvalue weighted by atomic mass is 35.5. The highest BCUT2D eigenvalue weighted by Gasteiger charge is 2.23. The highest BCUT2D eigenvalue weighted by molar-refractivity contribution is 6.31. The summed E-state index contributed by atoms with van der Waals surface area (Å²) in [6, 6.07) is 14.2. The second kappa shape index (κ2) is 9.02. The summed E-state index contributed by atoms with van der Waals surface area (Å²) in [4.78, 5) is 26.8. The average Bonchev–Trinajstić information content (AvgIpc) is 2.69. The third-order valence-electron chi connectivity index (χ3n) is 4.86. The molecular formula is C21H23ClN2O3. The number of nitrogens with zero attached hydrogens (tertiary/aromatic N) is 1. The van der Waals surface area contributed by atoms with E-state index in [1.807, 2.05) is 18.2 Å². The minimum absolute atomic E-state index is 0.0476. The molecule has 0 unspecified atom stereocenters. The number of benzene rings is 2. The van der Waals surface area contributed by atoms with E-state index >= 15 is 0 Å². The molecule has 6 heteroatoms. The van der Waals surface area contributed by atoms with Crippen molar-refractivity contribution in [1.82, 2.24) is 4.90 Å². The molecule has 1 aliphatic rings. The third-order valence-corrected chi connectivity index (χ3v) is 5.23. The van der Waals surface area contributed by atoms with Crippen LogP contribution >= 0.6 is 11.6 Å².